The van der Waals surface area contributed by atoms with Gasteiger partial charge in [0.2, 0.25) is 5.91 Å². The number of likely N-dealkylation sites (tertiary alicyclic amines) is 1. The zero-order chi connectivity index (χ0) is 31.0. The second-order valence-corrected chi connectivity index (χ2v) is 12.6. The summed E-state index contributed by atoms with van der Waals surface area (Å²) in [5.41, 5.74) is 3.59. The number of hydrogen-bond donors (Lipinski definition) is 0. The fourth-order valence-corrected chi connectivity index (χ4v) is 8.43. The fourth-order valence-electron chi connectivity index (χ4n) is 7.93. The number of anilines is 1. The third kappa shape index (κ3) is 4.71. The zero-order valence-corrected chi connectivity index (χ0v) is 27.0. The molecule has 2 fully saturated rings. The molecular weight excluding hydrogens is 620 g/mol. The summed E-state index contributed by atoms with van der Waals surface area (Å²) in [6.45, 7) is 0.255. The van der Waals surface area contributed by atoms with Gasteiger partial charge < -0.3 is 19.1 Å². The minimum atomic E-state index is -0.909. The molecule has 1 saturated carbocycles. The van der Waals surface area contributed by atoms with Crippen LogP contribution < -0.4 is 4.90 Å². The van der Waals surface area contributed by atoms with Crippen molar-refractivity contribution >= 4 is 39.0 Å². The van der Waals surface area contributed by atoms with Crippen LogP contribution in [0.15, 0.2) is 107 Å². The van der Waals surface area contributed by atoms with Gasteiger partial charge in [0, 0.05) is 50.0 Å². The first-order valence-electron chi connectivity index (χ1n) is 14.8. The maximum atomic E-state index is 14.7. The number of benzene rings is 3. The highest BCUT2D eigenvalue weighted by atomic mass is 79.9. The maximum Gasteiger partial charge on any atom is 0.259 e. The van der Waals surface area contributed by atoms with Gasteiger partial charge in [-0.2, -0.15) is 0 Å². The van der Waals surface area contributed by atoms with Crippen molar-refractivity contribution in [1.29, 1.82) is 0 Å². The fraction of sp³-hybridized carbons (Fsp3) is 0.333. The molecule has 0 spiro atoms. The lowest BCUT2D eigenvalue weighted by atomic mass is 9.63. The number of para-hydroxylation sites is 1. The highest BCUT2D eigenvalue weighted by molar-refractivity contribution is 9.10. The van der Waals surface area contributed by atoms with E-state index in [0.717, 1.165) is 21.2 Å². The Hall–Kier alpha value is -3.72. The molecule has 3 aliphatic rings. The average Bonchev–Trinajstić information content (AvgIpc) is 3.35. The van der Waals surface area contributed by atoms with Gasteiger partial charge >= 0.3 is 0 Å². The van der Waals surface area contributed by atoms with E-state index >= 15 is 0 Å². The van der Waals surface area contributed by atoms with Gasteiger partial charge in [0.15, 0.2) is 0 Å². The van der Waals surface area contributed by atoms with E-state index in [2.05, 4.69) is 46.3 Å². The van der Waals surface area contributed by atoms with E-state index in [4.69, 9.17) is 14.2 Å². The van der Waals surface area contributed by atoms with Gasteiger partial charge in [0.25, 0.3) is 5.91 Å². The summed E-state index contributed by atoms with van der Waals surface area (Å²) in [7, 11) is 6.68. The standard InChI is InChI=1S/C36H37BrN2O5/c1-38-33-26(19-25(23-13-7-5-8-14-23)24-15-9-6-10-16-24)27-20-30(44-4)31(32(33)36(27,21-42-2)35(38)41)34(40)39(22-43-3)29-18-12-11-17-28(29)37/h5-19,26-27,32-33H,20-22H2,1-4H3/t26-,27-,32+,33-,36+/m0/s1. The molecular formula is C36H37BrN2O5. The number of halogens is 1. The van der Waals surface area contributed by atoms with Gasteiger partial charge in [-0.25, -0.2) is 0 Å². The Morgan fingerprint density at radius 2 is 1.57 bits per heavy atom. The Labute approximate surface area is 267 Å². The van der Waals surface area contributed by atoms with Crippen molar-refractivity contribution in [3.63, 3.8) is 0 Å². The molecule has 3 aromatic carbocycles. The van der Waals surface area contributed by atoms with E-state index in [1.54, 1.807) is 26.2 Å². The number of carbonyl (C=O) groups is 2. The number of amides is 2. The maximum absolute atomic E-state index is 14.7. The molecule has 0 N–H and O–H groups in total. The Morgan fingerprint density at radius 3 is 2.14 bits per heavy atom. The minimum Gasteiger partial charge on any atom is -0.501 e. The number of carbonyl (C=O) groups excluding carboxylic acids is 2. The average molecular weight is 658 g/mol. The molecule has 4 bridgehead atoms. The second-order valence-electron chi connectivity index (χ2n) is 11.7. The molecule has 228 valence electrons. The van der Waals surface area contributed by atoms with Gasteiger partial charge in [0.05, 0.1) is 30.4 Å². The van der Waals surface area contributed by atoms with Gasteiger partial charge in [-0.1, -0.05) is 78.9 Å². The first-order chi connectivity index (χ1) is 21.4. The third-order valence-corrected chi connectivity index (χ3v) is 10.3. The van der Waals surface area contributed by atoms with Crippen LogP contribution >= 0.6 is 15.9 Å². The Balaban J connectivity index is 1.53. The van der Waals surface area contributed by atoms with E-state index in [1.165, 1.54) is 0 Å². The lowest BCUT2D eigenvalue weighted by Gasteiger charge is -2.43. The molecule has 0 aromatic heterocycles. The molecule has 44 heavy (non-hydrogen) atoms. The first-order valence-corrected chi connectivity index (χ1v) is 15.6. The molecule has 1 heterocycles. The van der Waals surface area contributed by atoms with Crippen LogP contribution in [-0.4, -0.2) is 64.5 Å². The number of rotatable bonds is 10. The van der Waals surface area contributed by atoms with Gasteiger partial charge in [-0.3, -0.25) is 14.5 Å². The monoisotopic (exact) mass is 656 g/mol. The summed E-state index contributed by atoms with van der Waals surface area (Å²) in [4.78, 5) is 32.5. The smallest absolute Gasteiger partial charge is 0.259 e. The summed E-state index contributed by atoms with van der Waals surface area (Å²) >= 11 is 3.62. The molecule has 3 aromatic rings. The predicted molar refractivity (Wildman–Crippen MR) is 173 cm³/mol. The van der Waals surface area contributed by atoms with Crippen molar-refractivity contribution in [1.82, 2.24) is 4.90 Å². The number of nitrogens with zero attached hydrogens (tertiary/aromatic N) is 2. The van der Waals surface area contributed by atoms with E-state index in [9.17, 15) is 9.59 Å². The van der Waals surface area contributed by atoms with Crippen LogP contribution in [0.3, 0.4) is 0 Å². The summed E-state index contributed by atoms with van der Waals surface area (Å²) in [5.74, 6) is -0.197. The van der Waals surface area contributed by atoms with Crippen molar-refractivity contribution in [2.24, 2.45) is 23.2 Å². The number of hydrogen-bond acceptors (Lipinski definition) is 5. The molecule has 7 nitrogen and oxygen atoms in total. The van der Waals surface area contributed by atoms with Gasteiger partial charge in [-0.15, -0.1) is 0 Å². The molecule has 1 saturated heterocycles. The third-order valence-electron chi connectivity index (χ3n) is 9.63. The van der Waals surface area contributed by atoms with Crippen LogP contribution in [0.2, 0.25) is 0 Å². The molecule has 2 aliphatic carbocycles. The number of allylic oxidation sites excluding steroid dienone is 1. The molecule has 2 amide bonds. The van der Waals surface area contributed by atoms with E-state index in [-0.39, 0.29) is 43.0 Å². The Kier molecular flexibility index (Phi) is 8.51. The van der Waals surface area contributed by atoms with Crippen molar-refractivity contribution in [2.75, 3.05) is 46.6 Å². The lowest BCUT2D eigenvalue weighted by molar-refractivity contribution is -0.148. The number of ether oxygens (including phenoxy) is 3. The largest absolute Gasteiger partial charge is 0.501 e. The number of methoxy groups -OCH3 is 3. The highest BCUT2D eigenvalue weighted by Crippen LogP contribution is 2.67. The van der Waals surface area contributed by atoms with Crippen LogP contribution in [-0.2, 0) is 23.8 Å². The Morgan fingerprint density at radius 1 is 0.955 bits per heavy atom. The van der Waals surface area contributed by atoms with Crippen LogP contribution in [0.1, 0.15) is 17.5 Å². The van der Waals surface area contributed by atoms with E-state index < -0.39 is 11.3 Å². The molecule has 5 atom stereocenters. The summed E-state index contributed by atoms with van der Waals surface area (Å²) in [5, 5.41) is 0. The minimum absolute atomic E-state index is 0.0182. The van der Waals surface area contributed by atoms with Crippen molar-refractivity contribution in [2.45, 2.75) is 12.5 Å². The van der Waals surface area contributed by atoms with Gasteiger partial charge in [-0.05, 0) is 50.7 Å². The van der Waals surface area contributed by atoms with E-state index in [1.807, 2.05) is 72.6 Å². The molecule has 8 heteroatoms. The van der Waals surface area contributed by atoms with Crippen LogP contribution in [0, 0.1) is 23.2 Å². The summed E-state index contributed by atoms with van der Waals surface area (Å²) < 4.78 is 18.2. The molecule has 1 aliphatic heterocycles. The SMILES string of the molecule is COCN(C(=O)C1=C(OC)C[C@H]2[C@H](C=C(c3ccccc3)c3ccccc3)[C@H]3[C@@H]1[C@]2(COC)C(=O)N3C)c1ccccc1Br. The van der Waals surface area contributed by atoms with E-state index in [0.29, 0.717) is 23.4 Å². The predicted octanol–water partition coefficient (Wildman–Crippen LogP) is 6.16. The lowest BCUT2D eigenvalue weighted by Crippen LogP contribution is -2.52. The van der Waals surface area contributed by atoms with Crippen LogP contribution in [0.4, 0.5) is 5.69 Å². The molecule has 0 unspecified atom stereocenters. The molecule has 6 rings (SSSR count). The van der Waals surface area contributed by atoms with Crippen LogP contribution in [0.5, 0.6) is 0 Å². The van der Waals surface area contributed by atoms with Crippen LogP contribution in [0.25, 0.3) is 5.57 Å². The Bertz CT molecular complexity index is 1570. The normalized spacial score (nSPS) is 25.3. The van der Waals surface area contributed by atoms with Crippen molar-refractivity contribution in [3.8, 4) is 0 Å². The van der Waals surface area contributed by atoms with Crippen molar-refractivity contribution < 1.29 is 23.8 Å². The first kappa shape index (κ1) is 30.3. The van der Waals surface area contributed by atoms with Crippen molar-refractivity contribution in [3.05, 3.63) is 118 Å². The zero-order valence-electron chi connectivity index (χ0n) is 25.4. The molecule has 0 radical (unpaired) electrons. The summed E-state index contributed by atoms with van der Waals surface area (Å²) in [6.07, 6.45) is 2.77. The summed E-state index contributed by atoms with van der Waals surface area (Å²) in [6, 6.07) is 28.0. The van der Waals surface area contributed by atoms with Gasteiger partial charge in [0.1, 0.15) is 12.5 Å². The topological polar surface area (TPSA) is 68.3 Å². The number of piperidine rings is 1. The highest BCUT2D eigenvalue weighted by Gasteiger charge is 2.74. The second kappa shape index (κ2) is 12.3. The quantitative estimate of drug-likeness (QED) is 0.245.